The van der Waals surface area contributed by atoms with Gasteiger partial charge in [-0.2, -0.15) is 0 Å². The van der Waals surface area contributed by atoms with Crippen LogP contribution in [0.4, 0.5) is 0 Å². The number of hydrogen-bond donors (Lipinski definition) is 0. The van der Waals surface area contributed by atoms with Gasteiger partial charge in [0.15, 0.2) is 0 Å². The summed E-state index contributed by atoms with van der Waals surface area (Å²) in [7, 11) is -0.779. The van der Waals surface area contributed by atoms with Crippen molar-refractivity contribution in [2.24, 2.45) is 0 Å². The maximum absolute atomic E-state index is 9.80. The van der Waals surface area contributed by atoms with Gasteiger partial charge < -0.3 is 10.3 Å². The van der Waals surface area contributed by atoms with Crippen LogP contribution in [0.15, 0.2) is 0 Å². The summed E-state index contributed by atoms with van der Waals surface area (Å²) in [6.07, 6.45) is 27.3. The molecule has 0 N–H and O–H groups in total. The van der Waals surface area contributed by atoms with Crippen LogP contribution in [0.5, 0.6) is 0 Å². The molecule has 4 saturated carbocycles. The Morgan fingerprint density at radius 1 is 0.516 bits per heavy atom. The van der Waals surface area contributed by atoms with Crippen molar-refractivity contribution in [2.45, 2.75) is 153 Å². The van der Waals surface area contributed by atoms with E-state index >= 15 is 0 Å². The first-order chi connectivity index (χ1) is 14.9. The molecule has 4 nitrogen and oxygen atoms in total. The molecule has 4 aliphatic carbocycles. The summed E-state index contributed by atoms with van der Waals surface area (Å²) in [5, 5.41) is 0. The summed E-state index contributed by atoms with van der Waals surface area (Å²) in [5.41, 5.74) is 9.80. The molecule has 0 aromatic heterocycles. The summed E-state index contributed by atoms with van der Waals surface area (Å²) in [5.74, 6) is 3.37. The van der Waals surface area contributed by atoms with E-state index in [1.54, 1.807) is 0 Å². The standard InChI is InChI=1S/C25H44N4P.Li/c26-27-21-30(28(22-13-5-1-6-14-22)23-15-7-2-8-16-23)29(24-17-9-3-10-18-24)25-19-11-4-12-20-25;/h22-25H,1-20H2;/q-1;+1. The first-order valence-electron chi connectivity index (χ1n) is 13.3. The van der Waals surface area contributed by atoms with Gasteiger partial charge in [-0.25, -0.2) is 0 Å². The van der Waals surface area contributed by atoms with Gasteiger partial charge in [-0.1, -0.05) is 77.0 Å². The fourth-order valence-electron chi connectivity index (χ4n) is 6.86. The molecule has 0 aromatic carbocycles. The number of hydrogen-bond acceptors (Lipinski definition) is 2. The van der Waals surface area contributed by atoms with Gasteiger partial charge in [-0.15, -0.1) is 0 Å². The van der Waals surface area contributed by atoms with E-state index in [1.165, 1.54) is 128 Å². The molecule has 0 radical (unpaired) electrons. The monoisotopic (exact) mass is 438 g/mol. The maximum atomic E-state index is 9.80. The fourth-order valence-corrected chi connectivity index (χ4v) is 9.55. The minimum Gasteiger partial charge on any atom is -0.407 e. The van der Waals surface area contributed by atoms with Gasteiger partial charge in [0, 0.05) is 24.2 Å². The first kappa shape index (κ1) is 25.9. The molecule has 0 saturated heterocycles. The van der Waals surface area contributed by atoms with E-state index in [-0.39, 0.29) is 18.9 Å². The summed E-state index contributed by atoms with van der Waals surface area (Å²) < 4.78 is 5.83. The Kier molecular flexibility index (Phi) is 11.6. The average Bonchev–Trinajstić information content (AvgIpc) is 2.82. The minimum absolute atomic E-state index is 0. The third kappa shape index (κ3) is 6.91. The second kappa shape index (κ2) is 13.9. The van der Waals surface area contributed by atoms with Crippen LogP contribution in [-0.4, -0.2) is 44.3 Å². The Bertz CT molecular complexity index is 470. The van der Waals surface area contributed by atoms with Crippen molar-refractivity contribution in [3.05, 3.63) is 5.53 Å². The summed E-state index contributed by atoms with van der Waals surface area (Å²) >= 11 is 0. The van der Waals surface area contributed by atoms with Crippen molar-refractivity contribution in [2.75, 3.05) is 0 Å². The van der Waals surface area contributed by atoms with Crippen molar-refractivity contribution in [3.8, 4) is 0 Å². The maximum Gasteiger partial charge on any atom is 1.00 e. The summed E-state index contributed by atoms with van der Waals surface area (Å²) in [6, 6.07) is 2.71. The molecule has 0 aromatic rings. The van der Waals surface area contributed by atoms with Gasteiger partial charge in [0.2, 0.25) is 0 Å². The molecule has 0 spiro atoms. The van der Waals surface area contributed by atoms with Gasteiger partial charge >= 0.3 is 18.9 Å². The van der Waals surface area contributed by atoms with Crippen molar-refractivity contribution in [1.82, 2.24) is 9.34 Å². The molecule has 0 atom stereocenters. The van der Waals surface area contributed by atoms with Gasteiger partial charge in [-0.05, 0) is 65.5 Å². The predicted molar refractivity (Wildman–Crippen MR) is 127 cm³/mol. The van der Waals surface area contributed by atoms with Crippen LogP contribution < -0.4 is 18.9 Å². The van der Waals surface area contributed by atoms with E-state index in [1.807, 2.05) is 0 Å². The van der Waals surface area contributed by atoms with E-state index in [0.29, 0.717) is 24.2 Å². The van der Waals surface area contributed by atoms with Crippen LogP contribution in [0.3, 0.4) is 0 Å². The topological polar surface area (TPSA) is 42.9 Å². The third-order valence-electron chi connectivity index (χ3n) is 8.37. The van der Waals surface area contributed by atoms with Crippen LogP contribution >= 0.6 is 8.22 Å². The molecular weight excluding hydrogens is 394 g/mol. The second-order valence-electron chi connectivity index (χ2n) is 10.4. The molecule has 0 bridgehead atoms. The van der Waals surface area contributed by atoms with Crippen LogP contribution in [0.1, 0.15) is 128 Å². The zero-order valence-electron chi connectivity index (χ0n) is 20.2. The first-order valence-corrected chi connectivity index (χ1v) is 14.6. The minimum atomic E-state index is -0.779. The van der Waals surface area contributed by atoms with Crippen LogP contribution in [-0.2, 0) is 0 Å². The van der Waals surface area contributed by atoms with Crippen molar-refractivity contribution >= 4 is 14.2 Å². The van der Waals surface area contributed by atoms with Gasteiger partial charge in [0.05, 0.1) is 0 Å². The fraction of sp³-hybridized carbons (Fsp3) is 0.960. The van der Waals surface area contributed by atoms with Gasteiger partial charge in [-0.3, -0.25) is 9.34 Å². The van der Waals surface area contributed by atoms with E-state index < -0.39 is 8.22 Å². The molecule has 0 aliphatic heterocycles. The van der Waals surface area contributed by atoms with E-state index in [4.69, 9.17) is 0 Å². The largest absolute Gasteiger partial charge is 1.00 e. The molecular formula is C25H44LiN4P. The molecule has 4 aliphatic rings. The summed E-state index contributed by atoms with van der Waals surface area (Å²) in [4.78, 5) is 3.65. The van der Waals surface area contributed by atoms with Crippen molar-refractivity contribution in [3.63, 3.8) is 0 Å². The SMILES string of the molecule is [Li+].[N-]=[N+]=[C-]P(N(C1CCCCC1)C1CCCCC1)N(C1CCCCC1)C1CCCCC1. The Labute approximate surface area is 204 Å². The van der Waals surface area contributed by atoms with E-state index in [9.17, 15) is 5.53 Å². The van der Waals surface area contributed by atoms with Crippen LogP contribution in [0, 0.1) is 0 Å². The zero-order valence-corrected chi connectivity index (χ0v) is 21.1. The van der Waals surface area contributed by atoms with Gasteiger partial charge in [0.1, 0.15) is 0 Å². The normalized spacial score (nSPS) is 25.5. The average molecular weight is 439 g/mol. The van der Waals surface area contributed by atoms with Crippen LogP contribution in [0.2, 0.25) is 0 Å². The molecule has 0 heterocycles. The Morgan fingerprint density at radius 3 is 1.00 bits per heavy atom. The summed E-state index contributed by atoms with van der Waals surface area (Å²) in [6.45, 7) is 0. The smallest absolute Gasteiger partial charge is 0.407 e. The van der Waals surface area contributed by atoms with Gasteiger partial charge in [0.25, 0.3) is 0 Å². The van der Waals surface area contributed by atoms with Crippen molar-refractivity contribution in [1.29, 1.82) is 0 Å². The molecule has 0 unspecified atom stereocenters. The van der Waals surface area contributed by atoms with E-state index in [2.05, 4.69) is 20.1 Å². The molecule has 4 rings (SSSR count). The Morgan fingerprint density at radius 2 is 0.774 bits per heavy atom. The van der Waals surface area contributed by atoms with Crippen molar-refractivity contribution < 1.29 is 23.7 Å². The van der Waals surface area contributed by atoms with E-state index in [0.717, 1.165) is 0 Å². The Balaban J connectivity index is 0.00000272. The molecule has 31 heavy (non-hydrogen) atoms. The number of nitrogens with zero attached hydrogens (tertiary/aromatic N) is 4. The molecule has 4 fully saturated rings. The second-order valence-corrected chi connectivity index (χ2v) is 12.1. The van der Waals surface area contributed by atoms with Crippen LogP contribution in [0.25, 0.3) is 5.53 Å². The molecule has 170 valence electrons. The quantitative estimate of drug-likeness (QED) is 0.148. The third-order valence-corrected chi connectivity index (χ3v) is 10.8. The molecule has 6 heteroatoms. The Hall–Kier alpha value is 0.327. The zero-order chi connectivity index (χ0) is 20.6. The molecule has 0 amide bonds. The predicted octanol–water partition coefficient (Wildman–Crippen LogP) is 4.37. The number of rotatable bonds is 7.